The molecule has 0 spiro atoms. The zero-order chi connectivity index (χ0) is 15.6. The Morgan fingerprint density at radius 3 is 2.61 bits per heavy atom. The van der Waals surface area contributed by atoms with Crippen molar-refractivity contribution in [3.63, 3.8) is 0 Å². The Bertz CT molecular complexity index is 652. The van der Waals surface area contributed by atoms with Crippen molar-refractivity contribution in [3.05, 3.63) is 24.3 Å². The molecule has 23 heavy (non-hydrogen) atoms. The van der Waals surface area contributed by atoms with E-state index >= 15 is 0 Å². The van der Waals surface area contributed by atoms with E-state index in [0.717, 1.165) is 63.2 Å². The fourth-order valence-corrected chi connectivity index (χ4v) is 3.44. The number of hydrogen-bond acceptors (Lipinski definition) is 5. The highest BCUT2D eigenvalue weighted by atomic mass is 16.4. The maximum atomic E-state index is 12.6. The molecule has 1 amide bonds. The third-order valence-electron chi connectivity index (χ3n) is 4.83. The van der Waals surface area contributed by atoms with Crippen molar-refractivity contribution < 1.29 is 9.21 Å². The Kier molecular flexibility index (Phi) is 3.91. The van der Waals surface area contributed by atoms with Gasteiger partial charge in [-0.15, -0.1) is 0 Å². The number of nitrogens with zero attached hydrogens (tertiary/aromatic N) is 3. The van der Waals surface area contributed by atoms with Crippen LogP contribution in [0.3, 0.4) is 0 Å². The molecule has 1 N–H and O–H groups in total. The number of para-hydroxylation sites is 2. The Hall–Kier alpha value is -2.08. The first-order valence-corrected chi connectivity index (χ1v) is 8.41. The highest BCUT2D eigenvalue weighted by Crippen LogP contribution is 2.23. The zero-order valence-electron chi connectivity index (χ0n) is 13.2. The predicted octanol–water partition coefficient (Wildman–Crippen LogP) is 1.48. The van der Waals surface area contributed by atoms with Gasteiger partial charge in [0.1, 0.15) is 5.52 Å². The van der Waals surface area contributed by atoms with Crippen molar-refractivity contribution in [3.8, 4) is 0 Å². The maximum Gasteiger partial charge on any atom is 0.298 e. The summed E-state index contributed by atoms with van der Waals surface area (Å²) in [4.78, 5) is 21.3. The van der Waals surface area contributed by atoms with Gasteiger partial charge in [-0.25, -0.2) is 0 Å². The van der Waals surface area contributed by atoms with Crippen LogP contribution in [-0.4, -0.2) is 55.1 Å². The second-order valence-electron chi connectivity index (χ2n) is 6.30. The average Bonchev–Trinajstić information content (AvgIpc) is 3.06. The van der Waals surface area contributed by atoms with Crippen molar-refractivity contribution in [2.24, 2.45) is 5.92 Å². The van der Waals surface area contributed by atoms with Gasteiger partial charge in [-0.1, -0.05) is 12.1 Å². The van der Waals surface area contributed by atoms with Gasteiger partial charge in [0, 0.05) is 32.1 Å². The van der Waals surface area contributed by atoms with Gasteiger partial charge in [-0.05, 0) is 38.1 Å². The van der Waals surface area contributed by atoms with Gasteiger partial charge in [0.05, 0.1) is 0 Å². The molecule has 0 saturated carbocycles. The van der Waals surface area contributed by atoms with Crippen LogP contribution in [0.1, 0.15) is 12.8 Å². The molecule has 2 aliphatic heterocycles. The summed E-state index contributed by atoms with van der Waals surface area (Å²) in [7, 11) is 0. The number of aromatic nitrogens is 1. The lowest BCUT2D eigenvalue weighted by atomic mass is 9.96. The molecule has 1 aromatic carbocycles. The number of fused-ring (bicyclic) bond motifs is 1. The van der Waals surface area contributed by atoms with E-state index in [-0.39, 0.29) is 5.92 Å². The molecule has 0 unspecified atom stereocenters. The molecule has 2 fully saturated rings. The molecule has 6 heteroatoms. The van der Waals surface area contributed by atoms with Crippen LogP contribution in [0.15, 0.2) is 28.7 Å². The SMILES string of the molecule is O=C(C1CCNCC1)N1CCN(c2nc3ccccc3o2)CC1. The number of rotatable bonds is 2. The smallest absolute Gasteiger partial charge is 0.298 e. The van der Waals surface area contributed by atoms with E-state index in [0.29, 0.717) is 11.9 Å². The topological polar surface area (TPSA) is 61.6 Å². The highest BCUT2D eigenvalue weighted by Gasteiger charge is 2.29. The lowest BCUT2D eigenvalue weighted by Crippen LogP contribution is -2.51. The number of hydrogen-bond donors (Lipinski definition) is 1. The molecular weight excluding hydrogens is 292 g/mol. The number of oxazole rings is 1. The average molecular weight is 314 g/mol. The maximum absolute atomic E-state index is 12.6. The monoisotopic (exact) mass is 314 g/mol. The molecule has 2 saturated heterocycles. The van der Waals surface area contributed by atoms with E-state index < -0.39 is 0 Å². The van der Waals surface area contributed by atoms with Crippen LogP contribution < -0.4 is 10.2 Å². The quantitative estimate of drug-likeness (QED) is 0.910. The van der Waals surface area contributed by atoms with E-state index in [9.17, 15) is 4.79 Å². The second-order valence-corrected chi connectivity index (χ2v) is 6.30. The van der Waals surface area contributed by atoms with E-state index in [1.807, 2.05) is 29.2 Å². The number of carbonyl (C=O) groups is 1. The van der Waals surface area contributed by atoms with E-state index in [1.165, 1.54) is 0 Å². The van der Waals surface area contributed by atoms with E-state index in [2.05, 4.69) is 15.2 Å². The minimum atomic E-state index is 0.201. The minimum absolute atomic E-state index is 0.201. The first kappa shape index (κ1) is 14.5. The molecular formula is C17H22N4O2. The van der Waals surface area contributed by atoms with Crippen LogP contribution >= 0.6 is 0 Å². The zero-order valence-corrected chi connectivity index (χ0v) is 13.2. The second kappa shape index (κ2) is 6.20. The lowest BCUT2D eigenvalue weighted by Gasteiger charge is -2.36. The first-order valence-electron chi connectivity index (χ1n) is 8.41. The highest BCUT2D eigenvalue weighted by molar-refractivity contribution is 5.79. The molecule has 3 heterocycles. The predicted molar refractivity (Wildman–Crippen MR) is 88.4 cm³/mol. The van der Waals surface area contributed by atoms with E-state index in [4.69, 9.17) is 4.42 Å². The number of piperazine rings is 1. The third kappa shape index (κ3) is 2.91. The fourth-order valence-electron chi connectivity index (χ4n) is 3.44. The molecule has 4 rings (SSSR count). The van der Waals surface area contributed by atoms with Crippen LogP contribution in [0.2, 0.25) is 0 Å². The summed E-state index contributed by atoms with van der Waals surface area (Å²) >= 11 is 0. The van der Waals surface area contributed by atoms with Gasteiger partial charge in [0.2, 0.25) is 5.91 Å². The van der Waals surface area contributed by atoms with Crippen LogP contribution in [0, 0.1) is 5.92 Å². The van der Waals surface area contributed by atoms with E-state index in [1.54, 1.807) is 0 Å². The molecule has 0 bridgehead atoms. The number of nitrogens with one attached hydrogen (secondary N) is 1. The summed E-state index contributed by atoms with van der Waals surface area (Å²) in [5.74, 6) is 0.524. The van der Waals surface area contributed by atoms with Crippen LogP contribution in [0.4, 0.5) is 6.01 Å². The van der Waals surface area contributed by atoms with Gasteiger partial charge in [0.25, 0.3) is 6.01 Å². The molecule has 2 aromatic rings. The van der Waals surface area contributed by atoms with Crippen molar-refractivity contribution in [2.45, 2.75) is 12.8 Å². The summed E-state index contributed by atoms with van der Waals surface area (Å²) in [6.07, 6.45) is 1.92. The molecule has 0 radical (unpaired) electrons. The van der Waals surface area contributed by atoms with Gasteiger partial charge in [0.15, 0.2) is 5.58 Å². The molecule has 2 aliphatic rings. The Morgan fingerprint density at radius 2 is 1.87 bits per heavy atom. The molecule has 122 valence electrons. The minimum Gasteiger partial charge on any atom is -0.423 e. The fraction of sp³-hybridized carbons (Fsp3) is 0.529. The van der Waals surface area contributed by atoms with Gasteiger partial charge in [-0.2, -0.15) is 4.98 Å². The Morgan fingerprint density at radius 1 is 1.13 bits per heavy atom. The Labute approximate surface area is 135 Å². The molecule has 0 atom stereocenters. The lowest BCUT2D eigenvalue weighted by molar-refractivity contribution is -0.136. The van der Waals surface area contributed by atoms with Crippen molar-refractivity contribution in [1.29, 1.82) is 0 Å². The van der Waals surface area contributed by atoms with Crippen molar-refractivity contribution >= 4 is 23.0 Å². The molecule has 0 aliphatic carbocycles. The first-order chi connectivity index (χ1) is 11.3. The summed E-state index contributed by atoms with van der Waals surface area (Å²) in [6, 6.07) is 8.47. The third-order valence-corrected chi connectivity index (χ3v) is 4.83. The number of anilines is 1. The molecule has 1 aromatic heterocycles. The van der Waals surface area contributed by atoms with Gasteiger partial charge >= 0.3 is 0 Å². The number of piperidine rings is 1. The van der Waals surface area contributed by atoms with Crippen molar-refractivity contribution in [2.75, 3.05) is 44.2 Å². The van der Waals surface area contributed by atoms with Crippen LogP contribution in [0.5, 0.6) is 0 Å². The number of benzene rings is 1. The summed E-state index contributed by atoms with van der Waals surface area (Å²) in [5.41, 5.74) is 1.70. The normalized spacial score (nSPS) is 20.2. The van der Waals surface area contributed by atoms with Gasteiger partial charge < -0.3 is 19.5 Å². The number of amides is 1. The molecule has 6 nitrogen and oxygen atoms in total. The Balaban J connectivity index is 1.39. The summed E-state index contributed by atoms with van der Waals surface area (Å²) in [5, 5.41) is 3.31. The van der Waals surface area contributed by atoms with Crippen LogP contribution in [0.25, 0.3) is 11.1 Å². The largest absolute Gasteiger partial charge is 0.423 e. The summed E-state index contributed by atoms with van der Waals surface area (Å²) < 4.78 is 5.82. The summed E-state index contributed by atoms with van der Waals surface area (Å²) in [6.45, 7) is 4.98. The van der Waals surface area contributed by atoms with Crippen molar-refractivity contribution in [1.82, 2.24) is 15.2 Å². The standard InChI is InChI=1S/C17H22N4O2/c22-16(13-5-7-18-8-6-13)20-9-11-21(12-10-20)17-19-14-3-1-2-4-15(14)23-17/h1-4,13,18H,5-12H2. The van der Waals surface area contributed by atoms with Gasteiger partial charge in [-0.3, -0.25) is 4.79 Å². The number of carbonyl (C=O) groups excluding carboxylic acids is 1. The van der Waals surface area contributed by atoms with Crippen LogP contribution in [-0.2, 0) is 4.79 Å².